The van der Waals surface area contributed by atoms with Crippen LogP contribution in [0.25, 0.3) is 0 Å². The zero-order chi connectivity index (χ0) is 9.97. The number of hydrogen-bond donors (Lipinski definition) is 1. The zero-order valence-corrected chi connectivity index (χ0v) is 9.21. The van der Waals surface area contributed by atoms with Crippen LogP contribution >= 0.6 is 0 Å². The lowest BCUT2D eigenvalue weighted by Crippen LogP contribution is -2.22. The topological polar surface area (TPSA) is 28.7 Å². The summed E-state index contributed by atoms with van der Waals surface area (Å²) in [7, 11) is 0. The first-order valence-corrected chi connectivity index (χ1v) is 5.82. The number of H-pyrrole nitrogens is 1. The summed E-state index contributed by atoms with van der Waals surface area (Å²) in [5.41, 5.74) is 2.84. The Kier molecular flexibility index (Phi) is 2.90. The van der Waals surface area contributed by atoms with Crippen LogP contribution < -0.4 is 0 Å². The Morgan fingerprint density at radius 1 is 1.57 bits per heavy atom. The molecule has 0 aromatic carbocycles. The molecule has 0 bridgehead atoms. The van der Waals surface area contributed by atoms with Crippen molar-refractivity contribution in [2.24, 2.45) is 11.8 Å². The zero-order valence-electron chi connectivity index (χ0n) is 9.21. The Morgan fingerprint density at radius 3 is 3.21 bits per heavy atom. The lowest BCUT2D eigenvalue weighted by Gasteiger charge is -2.28. The van der Waals surface area contributed by atoms with Gasteiger partial charge in [-0.25, -0.2) is 0 Å². The van der Waals surface area contributed by atoms with Crippen LogP contribution in [0.3, 0.4) is 0 Å². The second-order valence-corrected chi connectivity index (χ2v) is 4.66. The van der Waals surface area contributed by atoms with E-state index in [-0.39, 0.29) is 1.43 Å². The van der Waals surface area contributed by atoms with E-state index in [9.17, 15) is 0 Å². The van der Waals surface area contributed by atoms with Crippen LogP contribution in [0.2, 0.25) is 0 Å². The van der Waals surface area contributed by atoms with Crippen LogP contribution in [0.1, 0.15) is 45.8 Å². The van der Waals surface area contributed by atoms with Gasteiger partial charge in [0.15, 0.2) is 0 Å². The second kappa shape index (κ2) is 4.16. The van der Waals surface area contributed by atoms with Crippen molar-refractivity contribution in [2.75, 3.05) is 0 Å². The van der Waals surface area contributed by atoms with Crippen LogP contribution in [0.15, 0.2) is 6.20 Å². The molecular weight excluding hydrogens is 172 g/mol. The third-order valence-electron chi connectivity index (χ3n) is 3.55. The van der Waals surface area contributed by atoms with Gasteiger partial charge in [0.1, 0.15) is 0 Å². The first kappa shape index (κ1) is 9.75. The molecule has 1 N–H and O–H groups in total. The molecule has 2 atom stereocenters. The van der Waals surface area contributed by atoms with E-state index in [1.165, 1.54) is 43.4 Å². The Bertz CT molecular complexity index is 296. The molecule has 0 saturated carbocycles. The van der Waals surface area contributed by atoms with E-state index in [0.29, 0.717) is 0 Å². The molecule has 1 aromatic rings. The highest BCUT2D eigenvalue weighted by atomic mass is 15.1. The number of nitrogens with zero attached hydrogens (tertiary/aromatic N) is 1. The van der Waals surface area contributed by atoms with Crippen molar-refractivity contribution < 1.29 is 1.43 Å². The normalized spacial score (nSPS) is 26.1. The number of fused-ring (bicyclic) bond motifs is 1. The number of aromatic amines is 1. The lowest BCUT2D eigenvalue weighted by atomic mass is 9.77. The van der Waals surface area contributed by atoms with Gasteiger partial charge < -0.3 is 0 Å². The standard InChI is InChI=1S/C12H20N2.H2/c1-3-4-5-10-7-12-11(6-9(10)2)8-13-14-12;/h8-10H,3-7H2,1-2H3,(H,13,14);1H/t9-,10?;/m1./s1. The van der Waals surface area contributed by atoms with Crippen molar-refractivity contribution >= 4 is 0 Å². The number of unbranched alkanes of at least 4 members (excludes halogenated alkanes) is 1. The van der Waals surface area contributed by atoms with Gasteiger partial charge in [-0.15, -0.1) is 0 Å². The summed E-state index contributed by atoms with van der Waals surface area (Å²) in [6.07, 6.45) is 8.52. The summed E-state index contributed by atoms with van der Waals surface area (Å²) in [4.78, 5) is 0. The Labute approximate surface area is 87.6 Å². The second-order valence-electron chi connectivity index (χ2n) is 4.66. The van der Waals surface area contributed by atoms with Gasteiger partial charge in [0.05, 0.1) is 6.20 Å². The van der Waals surface area contributed by atoms with E-state index in [1.54, 1.807) is 0 Å². The fourth-order valence-electron chi connectivity index (χ4n) is 2.52. The Balaban J connectivity index is 0.00000112. The lowest BCUT2D eigenvalue weighted by molar-refractivity contribution is 0.303. The van der Waals surface area contributed by atoms with Gasteiger partial charge in [0.2, 0.25) is 0 Å². The molecule has 1 aromatic heterocycles. The third-order valence-corrected chi connectivity index (χ3v) is 3.55. The first-order chi connectivity index (χ1) is 6.81. The molecule has 0 amide bonds. The largest absolute Gasteiger partial charge is 0.282 e. The van der Waals surface area contributed by atoms with Crippen LogP contribution in [-0.4, -0.2) is 10.2 Å². The first-order valence-electron chi connectivity index (χ1n) is 5.82. The van der Waals surface area contributed by atoms with Crippen LogP contribution in [0, 0.1) is 11.8 Å². The molecular formula is C12H22N2. The van der Waals surface area contributed by atoms with Gasteiger partial charge in [-0.05, 0) is 36.7 Å². The number of rotatable bonds is 3. The third kappa shape index (κ3) is 1.84. The molecule has 80 valence electrons. The highest BCUT2D eigenvalue weighted by molar-refractivity contribution is 5.20. The highest BCUT2D eigenvalue weighted by Crippen LogP contribution is 2.31. The van der Waals surface area contributed by atoms with E-state index < -0.39 is 0 Å². The van der Waals surface area contributed by atoms with Crippen molar-refractivity contribution in [1.29, 1.82) is 0 Å². The van der Waals surface area contributed by atoms with Crippen LogP contribution in [-0.2, 0) is 12.8 Å². The predicted octanol–water partition coefficient (Wildman–Crippen LogP) is 3.20. The van der Waals surface area contributed by atoms with Gasteiger partial charge >= 0.3 is 0 Å². The van der Waals surface area contributed by atoms with Crippen molar-refractivity contribution in [3.8, 4) is 0 Å². The van der Waals surface area contributed by atoms with E-state index in [4.69, 9.17) is 0 Å². The highest BCUT2D eigenvalue weighted by Gasteiger charge is 2.25. The predicted molar refractivity (Wildman–Crippen MR) is 60.3 cm³/mol. The minimum Gasteiger partial charge on any atom is -0.282 e. The summed E-state index contributed by atoms with van der Waals surface area (Å²) in [5, 5.41) is 7.26. The quantitative estimate of drug-likeness (QED) is 0.786. The molecule has 2 rings (SSSR count). The monoisotopic (exact) mass is 194 g/mol. The van der Waals surface area contributed by atoms with Gasteiger partial charge in [-0.2, -0.15) is 5.10 Å². The maximum Gasteiger partial charge on any atom is 0.0522 e. The molecule has 1 aliphatic carbocycles. The maximum atomic E-state index is 4.13. The smallest absolute Gasteiger partial charge is 0.0522 e. The molecule has 1 heterocycles. The summed E-state index contributed by atoms with van der Waals surface area (Å²) >= 11 is 0. The summed E-state index contributed by atoms with van der Waals surface area (Å²) in [5.74, 6) is 1.72. The van der Waals surface area contributed by atoms with Crippen molar-refractivity contribution in [3.05, 3.63) is 17.5 Å². The average molecular weight is 194 g/mol. The van der Waals surface area contributed by atoms with Gasteiger partial charge in [0, 0.05) is 7.12 Å². The van der Waals surface area contributed by atoms with E-state index in [2.05, 4.69) is 24.0 Å². The molecule has 0 fully saturated rings. The molecule has 1 aliphatic rings. The van der Waals surface area contributed by atoms with Gasteiger partial charge in [-0.1, -0.05) is 26.7 Å². The van der Waals surface area contributed by atoms with Gasteiger partial charge in [-0.3, -0.25) is 5.10 Å². The fourth-order valence-corrected chi connectivity index (χ4v) is 2.52. The molecule has 2 heteroatoms. The summed E-state index contributed by atoms with van der Waals surface area (Å²) in [6, 6.07) is 0. The molecule has 2 nitrogen and oxygen atoms in total. The average Bonchev–Trinajstić information content (AvgIpc) is 2.61. The minimum atomic E-state index is 0. The Morgan fingerprint density at radius 2 is 2.43 bits per heavy atom. The maximum absolute atomic E-state index is 4.13. The van der Waals surface area contributed by atoms with Crippen molar-refractivity contribution in [2.45, 2.75) is 46.0 Å². The molecule has 1 unspecified atom stereocenters. The molecule has 0 radical (unpaired) electrons. The fraction of sp³-hybridized carbons (Fsp3) is 0.750. The summed E-state index contributed by atoms with van der Waals surface area (Å²) in [6.45, 7) is 4.66. The number of aromatic nitrogens is 2. The summed E-state index contributed by atoms with van der Waals surface area (Å²) < 4.78 is 0. The van der Waals surface area contributed by atoms with E-state index >= 15 is 0 Å². The Hall–Kier alpha value is -0.790. The molecule has 0 spiro atoms. The van der Waals surface area contributed by atoms with E-state index in [0.717, 1.165) is 11.8 Å². The SMILES string of the molecule is CCCCC1Cc2[nH]ncc2C[C@H]1C.[HH]. The molecule has 14 heavy (non-hydrogen) atoms. The van der Waals surface area contributed by atoms with Crippen LogP contribution in [0.4, 0.5) is 0 Å². The van der Waals surface area contributed by atoms with Gasteiger partial charge in [0.25, 0.3) is 0 Å². The minimum absolute atomic E-state index is 0. The molecule has 0 aliphatic heterocycles. The number of hydrogen-bond acceptors (Lipinski definition) is 1. The van der Waals surface area contributed by atoms with Crippen molar-refractivity contribution in [3.63, 3.8) is 0 Å². The van der Waals surface area contributed by atoms with Crippen molar-refractivity contribution in [1.82, 2.24) is 10.2 Å². The van der Waals surface area contributed by atoms with Crippen LogP contribution in [0.5, 0.6) is 0 Å². The van der Waals surface area contributed by atoms with E-state index in [1.807, 2.05) is 6.20 Å². The molecule has 0 saturated heterocycles. The number of nitrogens with one attached hydrogen (secondary N) is 1.